The molecule has 80 valence electrons. The highest BCUT2D eigenvalue weighted by atomic mass is 31.2. The molecular weight excluding hydrogens is 207 g/mol. The second-order valence-corrected chi connectivity index (χ2v) is 4.53. The third kappa shape index (κ3) is 5.03. The van der Waals surface area contributed by atoms with E-state index in [0.717, 1.165) is 0 Å². The Morgan fingerprint density at radius 3 is 2.36 bits per heavy atom. The van der Waals surface area contributed by atoms with E-state index in [4.69, 9.17) is 9.79 Å². The molecule has 0 saturated carbocycles. The molecule has 6 heteroatoms. The minimum absolute atomic E-state index is 0.580. The quantitative estimate of drug-likeness (QED) is 0.544. The monoisotopic (exact) mass is 220 g/mol. The summed E-state index contributed by atoms with van der Waals surface area (Å²) in [5.41, 5.74) is -2.72. The molecule has 0 heterocycles. The van der Waals surface area contributed by atoms with Crippen LogP contribution in [0, 0.1) is 11.8 Å². The summed E-state index contributed by atoms with van der Waals surface area (Å²) in [4.78, 5) is 27.7. The van der Waals surface area contributed by atoms with Crippen molar-refractivity contribution < 1.29 is 23.9 Å². The third-order valence-electron chi connectivity index (χ3n) is 1.15. The van der Waals surface area contributed by atoms with Crippen LogP contribution in [0.3, 0.4) is 0 Å². The fourth-order valence-electron chi connectivity index (χ4n) is 0.604. The molecule has 0 unspecified atom stereocenters. The van der Waals surface area contributed by atoms with E-state index >= 15 is 0 Å². The highest BCUT2D eigenvalue weighted by Gasteiger charge is 2.33. The van der Waals surface area contributed by atoms with Gasteiger partial charge in [-0.2, -0.15) is 0 Å². The van der Waals surface area contributed by atoms with Crippen LogP contribution < -0.4 is 0 Å². The molecule has 0 aliphatic heterocycles. The Labute approximate surface area is 82.6 Å². The van der Waals surface area contributed by atoms with Gasteiger partial charge in [-0.3, -0.25) is 0 Å². The van der Waals surface area contributed by atoms with Gasteiger partial charge in [0.1, 0.15) is 0 Å². The number of ether oxygens (including phenoxy) is 1. The summed E-state index contributed by atoms with van der Waals surface area (Å²) in [6.45, 7) is 4.74. The topological polar surface area (TPSA) is 83.8 Å². The molecular formula is C8H13O5P. The lowest BCUT2D eigenvalue weighted by molar-refractivity contribution is 0.0936. The molecule has 0 aromatic rings. The van der Waals surface area contributed by atoms with Crippen molar-refractivity contribution in [2.45, 2.75) is 32.8 Å². The molecule has 14 heavy (non-hydrogen) atoms. The fraction of sp³-hybridized carbons (Fsp3) is 0.625. The molecule has 0 aliphatic rings. The Kier molecular flexibility index (Phi) is 4.34. The fourth-order valence-corrected chi connectivity index (χ4v) is 0.952. The molecule has 0 radical (unpaired) electrons. The maximum absolute atomic E-state index is 10.8. The summed E-state index contributed by atoms with van der Waals surface area (Å²) in [7, 11) is -4.81. The molecule has 5 nitrogen and oxygen atoms in total. The van der Waals surface area contributed by atoms with Gasteiger partial charge >= 0.3 is 13.3 Å². The molecule has 0 aliphatic carbocycles. The van der Waals surface area contributed by atoms with Crippen molar-refractivity contribution in [3.63, 3.8) is 0 Å². The Morgan fingerprint density at radius 2 is 2.00 bits per heavy atom. The molecule has 0 atom stereocenters. The zero-order valence-electron chi connectivity index (χ0n) is 8.27. The number of carbonyl (C=O) groups is 1. The van der Waals surface area contributed by atoms with Gasteiger partial charge in [0, 0.05) is 6.42 Å². The summed E-state index contributed by atoms with van der Waals surface area (Å²) in [5.74, 6) is 5.24. The van der Waals surface area contributed by atoms with Crippen molar-refractivity contribution in [1.29, 1.82) is 0 Å². The summed E-state index contributed by atoms with van der Waals surface area (Å²) in [6.07, 6.45) is 0.580. The van der Waals surface area contributed by atoms with Crippen LogP contribution in [0.2, 0.25) is 0 Å². The van der Waals surface area contributed by atoms with Crippen LogP contribution in [-0.2, 0) is 9.30 Å². The lowest BCUT2D eigenvalue weighted by Crippen LogP contribution is -2.25. The van der Waals surface area contributed by atoms with Gasteiger partial charge < -0.3 is 14.5 Å². The van der Waals surface area contributed by atoms with Gasteiger partial charge in [-0.25, -0.2) is 9.36 Å². The van der Waals surface area contributed by atoms with E-state index in [0.29, 0.717) is 6.42 Å². The maximum atomic E-state index is 10.8. The van der Waals surface area contributed by atoms with E-state index in [9.17, 15) is 9.36 Å². The van der Waals surface area contributed by atoms with Crippen molar-refractivity contribution >= 4 is 13.3 Å². The molecule has 0 saturated heterocycles. The summed E-state index contributed by atoms with van der Waals surface area (Å²) in [6, 6.07) is 0. The number of hydrogen-bond donors (Lipinski definition) is 2. The molecule has 0 spiro atoms. The van der Waals surface area contributed by atoms with Crippen LogP contribution >= 0.6 is 7.60 Å². The lowest BCUT2D eigenvalue weighted by atomic mass is 10.1. The largest absolute Gasteiger partial charge is 0.437 e. The molecule has 0 fully saturated rings. The lowest BCUT2D eigenvalue weighted by Gasteiger charge is -2.18. The first-order valence-electron chi connectivity index (χ1n) is 3.98. The number of hydrogen-bond acceptors (Lipinski definition) is 3. The first-order chi connectivity index (χ1) is 6.19. The summed E-state index contributed by atoms with van der Waals surface area (Å²) in [5, 5.41) is 0. The van der Waals surface area contributed by atoms with Gasteiger partial charge in [0.15, 0.2) is 5.60 Å². The van der Waals surface area contributed by atoms with Gasteiger partial charge in [-0.1, -0.05) is 18.8 Å². The van der Waals surface area contributed by atoms with Crippen LogP contribution in [0.1, 0.15) is 27.2 Å². The molecule has 0 amide bonds. The minimum Gasteiger partial charge on any atom is -0.437 e. The van der Waals surface area contributed by atoms with E-state index in [2.05, 4.69) is 16.6 Å². The number of carbonyl (C=O) groups excluding carboxylic acids is 1. The zero-order valence-corrected chi connectivity index (χ0v) is 9.17. The van der Waals surface area contributed by atoms with Crippen LogP contribution in [0.25, 0.3) is 0 Å². The first kappa shape index (κ1) is 13.2. The van der Waals surface area contributed by atoms with Gasteiger partial charge in [-0.15, -0.1) is 0 Å². The highest BCUT2D eigenvalue weighted by Crippen LogP contribution is 2.38. The Morgan fingerprint density at radius 1 is 1.50 bits per heavy atom. The minimum atomic E-state index is -4.81. The van der Waals surface area contributed by atoms with Crippen LogP contribution in [0.4, 0.5) is 4.79 Å². The summed E-state index contributed by atoms with van der Waals surface area (Å²) >= 11 is 0. The Hall–Kier alpha value is -0.820. The standard InChI is InChI=1S/C8H13O5P/c1-4-5-6-8(2,3)13-7(9)14(10,11)12/h4H2,1-3H3,(H2,10,11,12). The highest BCUT2D eigenvalue weighted by molar-refractivity contribution is 7.69. The van der Waals surface area contributed by atoms with E-state index in [1.165, 1.54) is 13.8 Å². The molecule has 0 aromatic heterocycles. The molecule has 2 N–H and O–H groups in total. The zero-order chi connectivity index (χ0) is 11.4. The van der Waals surface area contributed by atoms with Crippen molar-refractivity contribution in [2.75, 3.05) is 0 Å². The number of rotatable bonds is 2. The average molecular weight is 220 g/mol. The van der Waals surface area contributed by atoms with Crippen molar-refractivity contribution in [3.8, 4) is 11.8 Å². The van der Waals surface area contributed by atoms with E-state index < -0.39 is 18.9 Å². The smallest absolute Gasteiger partial charge is 0.433 e. The van der Waals surface area contributed by atoms with E-state index in [1.807, 2.05) is 6.92 Å². The normalized spacial score (nSPS) is 11.5. The van der Waals surface area contributed by atoms with Gasteiger partial charge in [-0.05, 0) is 13.8 Å². The maximum Gasteiger partial charge on any atom is 0.433 e. The van der Waals surface area contributed by atoms with Gasteiger partial charge in [0.05, 0.1) is 0 Å². The average Bonchev–Trinajstić information content (AvgIpc) is 1.98. The van der Waals surface area contributed by atoms with E-state index in [1.54, 1.807) is 0 Å². The van der Waals surface area contributed by atoms with Gasteiger partial charge in [0.25, 0.3) is 0 Å². The Bertz CT molecular complexity index is 316. The predicted molar refractivity (Wildman–Crippen MR) is 50.7 cm³/mol. The predicted octanol–water partition coefficient (Wildman–Crippen LogP) is 1.49. The van der Waals surface area contributed by atoms with Crippen molar-refractivity contribution in [3.05, 3.63) is 0 Å². The van der Waals surface area contributed by atoms with Crippen LogP contribution in [0.15, 0.2) is 0 Å². The second-order valence-electron chi connectivity index (χ2n) is 3.08. The van der Waals surface area contributed by atoms with Gasteiger partial charge in [0.2, 0.25) is 0 Å². The van der Waals surface area contributed by atoms with Crippen LogP contribution in [-0.4, -0.2) is 21.1 Å². The molecule has 0 aromatic carbocycles. The third-order valence-corrected chi connectivity index (χ3v) is 1.71. The Balaban J connectivity index is 4.53. The summed E-state index contributed by atoms with van der Waals surface area (Å²) < 4.78 is 15.0. The first-order valence-corrected chi connectivity index (χ1v) is 5.59. The molecule has 0 rings (SSSR count). The van der Waals surface area contributed by atoms with Crippen LogP contribution in [0.5, 0.6) is 0 Å². The second kappa shape index (κ2) is 4.61. The SMILES string of the molecule is CCC#CC(C)(C)OC(=O)P(=O)(O)O. The van der Waals surface area contributed by atoms with Crippen molar-refractivity contribution in [2.24, 2.45) is 0 Å². The van der Waals surface area contributed by atoms with E-state index in [-0.39, 0.29) is 0 Å². The molecule has 0 bridgehead atoms. The van der Waals surface area contributed by atoms with Crippen molar-refractivity contribution in [1.82, 2.24) is 0 Å².